The molecule has 8 heteroatoms. The van der Waals surface area contributed by atoms with Gasteiger partial charge < -0.3 is 24.1 Å². The lowest BCUT2D eigenvalue weighted by Crippen LogP contribution is -2.08. The molecule has 0 atom stereocenters. The summed E-state index contributed by atoms with van der Waals surface area (Å²) >= 11 is 0. The van der Waals surface area contributed by atoms with Crippen LogP contribution in [0, 0.1) is 17.7 Å². The molecular weight excluding hydrogens is 429 g/mol. The number of carbonyl (C=O) groups is 1. The molecule has 0 spiro atoms. The predicted molar refractivity (Wildman–Crippen MR) is 116 cm³/mol. The number of aromatic nitrogens is 1. The molecule has 0 amide bonds. The molecule has 1 aliphatic heterocycles. The van der Waals surface area contributed by atoms with Crippen molar-refractivity contribution in [1.82, 2.24) is 4.98 Å². The van der Waals surface area contributed by atoms with Crippen molar-refractivity contribution in [2.75, 3.05) is 20.3 Å². The first kappa shape index (κ1) is 22.3. The molecule has 4 rings (SSSR count). The number of benzene rings is 2. The molecule has 2 aromatic carbocycles. The van der Waals surface area contributed by atoms with Crippen LogP contribution in [-0.2, 0) is 16.1 Å². The molecule has 0 aliphatic carbocycles. The number of halogens is 1. The van der Waals surface area contributed by atoms with Crippen molar-refractivity contribution in [3.8, 4) is 23.3 Å². The van der Waals surface area contributed by atoms with Gasteiger partial charge in [0.25, 0.3) is 0 Å². The number of pyridine rings is 1. The largest absolute Gasteiger partial charge is 0.497 e. The van der Waals surface area contributed by atoms with E-state index in [9.17, 15) is 9.18 Å². The minimum atomic E-state index is -1.10. The lowest BCUT2D eigenvalue weighted by atomic mass is 10.0. The monoisotopic (exact) mass is 449 g/mol. The van der Waals surface area contributed by atoms with E-state index in [1.165, 1.54) is 30.5 Å². The van der Waals surface area contributed by atoms with Gasteiger partial charge in [-0.05, 0) is 47.9 Å². The Hall–Kier alpha value is -3.93. The van der Waals surface area contributed by atoms with Gasteiger partial charge in [0.05, 0.1) is 37.0 Å². The zero-order chi connectivity index (χ0) is 23.2. The average molecular weight is 449 g/mol. The highest BCUT2D eigenvalue weighted by atomic mass is 19.1. The van der Waals surface area contributed by atoms with Crippen LogP contribution < -0.4 is 9.47 Å². The first-order valence-electron chi connectivity index (χ1n) is 10.1. The fourth-order valence-electron chi connectivity index (χ4n) is 3.23. The number of nitrogens with zero attached hydrogens (tertiary/aromatic N) is 1. The van der Waals surface area contributed by atoms with Crippen LogP contribution in [0.25, 0.3) is 0 Å². The Bertz CT molecular complexity index is 1210. The van der Waals surface area contributed by atoms with Crippen LogP contribution in [0.4, 0.5) is 4.39 Å². The summed E-state index contributed by atoms with van der Waals surface area (Å²) in [6, 6.07) is 12.8. The lowest BCUT2D eigenvalue weighted by Gasteiger charge is -2.18. The highest BCUT2D eigenvalue weighted by Crippen LogP contribution is 2.36. The van der Waals surface area contributed by atoms with Gasteiger partial charge in [-0.2, -0.15) is 0 Å². The minimum absolute atomic E-state index is 0.0361. The zero-order valence-electron chi connectivity index (χ0n) is 17.7. The van der Waals surface area contributed by atoms with E-state index in [1.54, 1.807) is 7.11 Å². The van der Waals surface area contributed by atoms with Crippen LogP contribution in [0.3, 0.4) is 0 Å². The van der Waals surface area contributed by atoms with Crippen LogP contribution in [-0.4, -0.2) is 36.4 Å². The van der Waals surface area contributed by atoms with Crippen molar-refractivity contribution in [3.05, 3.63) is 88.5 Å². The van der Waals surface area contributed by atoms with Crippen LogP contribution in [0.15, 0.2) is 54.7 Å². The van der Waals surface area contributed by atoms with Gasteiger partial charge in [0.2, 0.25) is 0 Å². The fourth-order valence-corrected chi connectivity index (χ4v) is 3.23. The Morgan fingerprint density at radius 1 is 1.15 bits per heavy atom. The summed E-state index contributed by atoms with van der Waals surface area (Å²) in [5, 5.41) is 9.15. The number of aromatic carboxylic acids is 1. The second-order valence-corrected chi connectivity index (χ2v) is 7.03. The molecule has 1 saturated heterocycles. The summed E-state index contributed by atoms with van der Waals surface area (Å²) < 4.78 is 37.2. The molecule has 33 heavy (non-hydrogen) atoms. The van der Waals surface area contributed by atoms with E-state index in [0.29, 0.717) is 24.5 Å². The van der Waals surface area contributed by atoms with Crippen LogP contribution in [0.1, 0.15) is 39.0 Å². The van der Waals surface area contributed by atoms with Gasteiger partial charge in [-0.3, -0.25) is 0 Å². The second kappa shape index (κ2) is 10.1. The van der Waals surface area contributed by atoms with Crippen LogP contribution in [0.5, 0.6) is 11.5 Å². The Kier molecular flexibility index (Phi) is 6.83. The molecule has 1 fully saturated rings. The van der Waals surface area contributed by atoms with E-state index in [1.807, 2.05) is 24.3 Å². The number of ether oxygens (including phenoxy) is 4. The molecule has 0 saturated carbocycles. The zero-order valence-corrected chi connectivity index (χ0v) is 17.7. The molecule has 2 heterocycles. The Balaban J connectivity index is 1.68. The number of carboxylic acids is 1. The maximum absolute atomic E-state index is 14.8. The fraction of sp³-hybridized carbons (Fsp3) is 0.200. The molecule has 1 N–H and O–H groups in total. The third-order valence-corrected chi connectivity index (χ3v) is 4.89. The first-order chi connectivity index (χ1) is 16.0. The highest BCUT2D eigenvalue weighted by Gasteiger charge is 2.27. The van der Waals surface area contributed by atoms with E-state index in [2.05, 4.69) is 16.8 Å². The number of hydrogen-bond donors (Lipinski definition) is 1. The van der Waals surface area contributed by atoms with E-state index >= 15 is 0 Å². The van der Waals surface area contributed by atoms with Crippen molar-refractivity contribution in [1.29, 1.82) is 0 Å². The molecule has 3 aromatic rings. The summed E-state index contributed by atoms with van der Waals surface area (Å²) in [5.74, 6) is 4.90. The van der Waals surface area contributed by atoms with Crippen molar-refractivity contribution in [2.24, 2.45) is 0 Å². The summed E-state index contributed by atoms with van der Waals surface area (Å²) in [4.78, 5) is 15.2. The van der Waals surface area contributed by atoms with Gasteiger partial charge in [-0.15, -0.1) is 0 Å². The second-order valence-electron chi connectivity index (χ2n) is 7.03. The first-order valence-corrected chi connectivity index (χ1v) is 10.1. The van der Waals surface area contributed by atoms with Gasteiger partial charge in [0.15, 0.2) is 6.29 Å². The van der Waals surface area contributed by atoms with E-state index < -0.39 is 18.1 Å². The topological polar surface area (TPSA) is 87.1 Å². The lowest BCUT2D eigenvalue weighted by molar-refractivity contribution is -0.0462. The third kappa shape index (κ3) is 5.29. The molecule has 0 radical (unpaired) electrons. The molecule has 7 nitrogen and oxygen atoms in total. The van der Waals surface area contributed by atoms with Gasteiger partial charge in [0, 0.05) is 6.20 Å². The average Bonchev–Trinajstić information content (AvgIpc) is 3.37. The quantitative estimate of drug-likeness (QED) is 0.570. The molecule has 1 aliphatic rings. The van der Waals surface area contributed by atoms with Gasteiger partial charge in [0.1, 0.15) is 29.6 Å². The number of hydrogen-bond acceptors (Lipinski definition) is 6. The maximum Gasteiger partial charge on any atom is 0.335 e. The van der Waals surface area contributed by atoms with Crippen LogP contribution in [0.2, 0.25) is 0 Å². The standard InChI is InChI=1S/C25H20FNO6/c1-30-19-5-2-16(3-6-19)15-33-22-9-8-21(26)20(23(22)25-31-12-13-32-25)7-4-18-14-17(24(28)29)10-11-27-18/h2-3,5-6,8-11,14,25H,12-13,15H2,1H3,(H,28,29). The molecular formula is C25H20FNO6. The van der Waals surface area contributed by atoms with Crippen LogP contribution >= 0.6 is 0 Å². The number of rotatable bonds is 6. The molecule has 168 valence electrons. The van der Waals surface area contributed by atoms with Crippen molar-refractivity contribution in [2.45, 2.75) is 12.9 Å². The van der Waals surface area contributed by atoms with Gasteiger partial charge in [-0.25, -0.2) is 14.2 Å². The Morgan fingerprint density at radius 3 is 2.61 bits per heavy atom. The van der Waals surface area contributed by atoms with E-state index in [4.69, 9.17) is 24.1 Å². The Labute approximate surface area is 189 Å². The molecule has 1 aromatic heterocycles. The normalized spacial score (nSPS) is 13.3. The summed E-state index contributed by atoms with van der Waals surface area (Å²) in [5.41, 5.74) is 1.49. The maximum atomic E-state index is 14.8. The summed E-state index contributed by atoms with van der Waals surface area (Å²) in [6.07, 6.45) is 0.497. The summed E-state index contributed by atoms with van der Waals surface area (Å²) in [7, 11) is 1.59. The third-order valence-electron chi connectivity index (χ3n) is 4.89. The predicted octanol–water partition coefficient (Wildman–Crippen LogP) is 3.95. The minimum Gasteiger partial charge on any atom is -0.497 e. The molecule has 0 bridgehead atoms. The number of carboxylic acid groups (broad SMARTS) is 1. The van der Waals surface area contributed by atoms with Crippen molar-refractivity contribution >= 4 is 5.97 Å². The Morgan fingerprint density at radius 2 is 1.91 bits per heavy atom. The van der Waals surface area contributed by atoms with Gasteiger partial charge >= 0.3 is 5.97 Å². The smallest absolute Gasteiger partial charge is 0.335 e. The van der Waals surface area contributed by atoms with Crippen molar-refractivity contribution in [3.63, 3.8) is 0 Å². The molecule has 0 unspecified atom stereocenters. The number of methoxy groups -OCH3 is 1. The van der Waals surface area contributed by atoms with E-state index in [-0.39, 0.29) is 23.4 Å². The van der Waals surface area contributed by atoms with Crippen molar-refractivity contribution < 1.29 is 33.2 Å². The van der Waals surface area contributed by atoms with E-state index in [0.717, 1.165) is 11.3 Å². The summed E-state index contributed by atoms with van der Waals surface area (Å²) in [6.45, 7) is 0.937. The highest BCUT2D eigenvalue weighted by molar-refractivity contribution is 5.87. The van der Waals surface area contributed by atoms with Gasteiger partial charge in [-0.1, -0.05) is 18.1 Å². The SMILES string of the molecule is COc1ccc(COc2ccc(F)c(C#Cc3cc(C(=O)O)ccn3)c2C2OCCO2)cc1.